The summed E-state index contributed by atoms with van der Waals surface area (Å²) >= 11 is 5.77. The summed E-state index contributed by atoms with van der Waals surface area (Å²) in [4.78, 5) is 4.05. The standard InChI is InChI=1S/C17H17ClN2O4S/c18-17-6-4-13(11-19-17)25(21,22)20-7-1-2-14(20)12-3-5-15-16(10-12)24-9-8-23-15/h3-6,10-11,14H,1-2,7-9H2. The predicted molar refractivity (Wildman–Crippen MR) is 92.5 cm³/mol. The number of hydrogen-bond donors (Lipinski definition) is 0. The first-order chi connectivity index (χ1) is 12.1. The van der Waals surface area contributed by atoms with Crippen molar-refractivity contribution in [3.63, 3.8) is 0 Å². The Balaban J connectivity index is 1.67. The third kappa shape index (κ3) is 3.07. The average molecular weight is 381 g/mol. The number of nitrogens with zero attached hydrogens (tertiary/aromatic N) is 2. The van der Waals surface area contributed by atoms with Gasteiger partial charge in [0.15, 0.2) is 11.5 Å². The minimum atomic E-state index is -3.63. The molecule has 4 rings (SSSR count). The molecular formula is C17H17ClN2O4S. The Labute approximate surface area is 151 Å². The van der Waals surface area contributed by atoms with E-state index in [0.717, 1.165) is 18.4 Å². The molecule has 132 valence electrons. The van der Waals surface area contributed by atoms with Gasteiger partial charge in [0, 0.05) is 12.7 Å². The van der Waals surface area contributed by atoms with Gasteiger partial charge in [0.1, 0.15) is 23.3 Å². The Morgan fingerprint density at radius 3 is 2.68 bits per heavy atom. The zero-order valence-electron chi connectivity index (χ0n) is 13.4. The zero-order chi connectivity index (χ0) is 17.4. The second kappa shape index (κ2) is 6.48. The third-order valence-electron chi connectivity index (χ3n) is 4.46. The maximum atomic E-state index is 13.0. The van der Waals surface area contributed by atoms with E-state index < -0.39 is 10.0 Å². The van der Waals surface area contributed by atoms with E-state index in [1.54, 1.807) is 0 Å². The van der Waals surface area contributed by atoms with Crippen LogP contribution in [0.1, 0.15) is 24.4 Å². The fourth-order valence-electron chi connectivity index (χ4n) is 3.28. The monoisotopic (exact) mass is 380 g/mol. The Bertz CT molecular complexity index is 886. The van der Waals surface area contributed by atoms with Crippen LogP contribution in [0.25, 0.3) is 0 Å². The number of rotatable bonds is 3. The maximum absolute atomic E-state index is 13.0. The number of ether oxygens (including phenoxy) is 2. The van der Waals surface area contributed by atoms with Crippen LogP contribution in [0, 0.1) is 0 Å². The van der Waals surface area contributed by atoms with Gasteiger partial charge < -0.3 is 9.47 Å². The van der Waals surface area contributed by atoms with Crippen molar-refractivity contribution in [3.8, 4) is 11.5 Å². The van der Waals surface area contributed by atoms with E-state index in [1.807, 2.05) is 18.2 Å². The van der Waals surface area contributed by atoms with Gasteiger partial charge in [-0.15, -0.1) is 0 Å². The van der Waals surface area contributed by atoms with Crippen molar-refractivity contribution in [1.29, 1.82) is 0 Å². The summed E-state index contributed by atoms with van der Waals surface area (Å²) in [6.45, 7) is 1.50. The number of sulfonamides is 1. The van der Waals surface area contributed by atoms with E-state index in [1.165, 1.54) is 22.6 Å². The highest BCUT2D eigenvalue weighted by molar-refractivity contribution is 7.89. The van der Waals surface area contributed by atoms with Crippen LogP contribution in [0.2, 0.25) is 5.15 Å². The number of pyridine rings is 1. The van der Waals surface area contributed by atoms with Crippen molar-refractivity contribution in [2.45, 2.75) is 23.8 Å². The number of benzene rings is 1. The summed E-state index contributed by atoms with van der Waals surface area (Å²) in [5, 5.41) is 0.267. The molecule has 0 bridgehead atoms. The van der Waals surface area contributed by atoms with Gasteiger partial charge >= 0.3 is 0 Å². The van der Waals surface area contributed by atoms with Crippen LogP contribution >= 0.6 is 11.6 Å². The number of fused-ring (bicyclic) bond motifs is 1. The summed E-state index contributed by atoms with van der Waals surface area (Å²) in [5.74, 6) is 1.37. The average Bonchev–Trinajstić information content (AvgIpc) is 3.12. The van der Waals surface area contributed by atoms with Gasteiger partial charge in [-0.1, -0.05) is 17.7 Å². The molecule has 6 nitrogen and oxygen atoms in total. The minimum absolute atomic E-state index is 0.154. The Morgan fingerprint density at radius 2 is 1.92 bits per heavy atom. The molecule has 0 N–H and O–H groups in total. The van der Waals surface area contributed by atoms with Crippen LogP contribution in [0.15, 0.2) is 41.4 Å². The molecule has 1 fully saturated rings. The van der Waals surface area contributed by atoms with Gasteiger partial charge in [0.25, 0.3) is 0 Å². The first kappa shape index (κ1) is 16.6. The molecule has 2 aliphatic heterocycles. The second-order valence-corrected chi connectivity index (χ2v) is 8.27. The fourth-order valence-corrected chi connectivity index (χ4v) is 5.02. The number of halogens is 1. The Morgan fingerprint density at radius 1 is 1.12 bits per heavy atom. The minimum Gasteiger partial charge on any atom is -0.486 e. The summed E-state index contributed by atoms with van der Waals surface area (Å²) < 4.78 is 38.7. The van der Waals surface area contributed by atoms with E-state index in [0.29, 0.717) is 31.3 Å². The molecule has 3 heterocycles. The molecule has 2 aliphatic rings. The van der Waals surface area contributed by atoms with Crippen LogP contribution in [-0.2, 0) is 10.0 Å². The van der Waals surface area contributed by atoms with Gasteiger partial charge in [-0.2, -0.15) is 4.31 Å². The van der Waals surface area contributed by atoms with Crippen LogP contribution in [0.5, 0.6) is 11.5 Å². The topological polar surface area (TPSA) is 68.7 Å². The molecule has 0 radical (unpaired) electrons. The zero-order valence-corrected chi connectivity index (χ0v) is 15.0. The quantitative estimate of drug-likeness (QED) is 0.765. The number of aromatic nitrogens is 1. The van der Waals surface area contributed by atoms with Gasteiger partial charge in [0.05, 0.1) is 6.04 Å². The van der Waals surface area contributed by atoms with E-state index in [-0.39, 0.29) is 16.1 Å². The van der Waals surface area contributed by atoms with E-state index in [4.69, 9.17) is 21.1 Å². The Hall–Kier alpha value is -1.83. The van der Waals surface area contributed by atoms with Crippen LogP contribution in [-0.4, -0.2) is 37.5 Å². The highest BCUT2D eigenvalue weighted by Gasteiger charge is 2.36. The summed E-state index contributed by atoms with van der Waals surface area (Å²) in [7, 11) is -3.63. The molecule has 0 spiro atoms. The SMILES string of the molecule is O=S(=O)(c1ccc(Cl)nc1)N1CCCC1c1ccc2c(c1)OCCO2. The van der Waals surface area contributed by atoms with E-state index in [2.05, 4.69) is 4.98 Å². The third-order valence-corrected chi connectivity index (χ3v) is 6.58. The van der Waals surface area contributed by atoms with Crippen molar-refractivity contribution >= 4 is 21.6 Å². The predicted octanol–water partition coefficient (Wildman–Crippen LogP) is 3.03. The molecule has 2 aromatic rings. The van der Waals surface area contributed by atoms with Gasteiger partial charge in [0.2, 0.25) is 10.0 Å². The molecule has 0 amide bonds. The summed E-state index contributed by atoms with van der Waals surface area (Å²) in [6.07, 6.45) is 2.87. The second-order valence-electron chi connectivity index (χ2n) is 5.99. The summed E-state index contributed by atoms with van der Waals surface area (Å²) in [5.41, 5.74) is 0.909. The molecule has 1 saturated heterocycles. The normalized spacial score (nSPS) is 20.6. The molecule has 1 aromatic heterocycles. The first-order valence-electron chi connectivity index (χ1n) is 8.09. The van der Waals surface area contributed by atoms with Crippen molar-refractivity contribution < 1.29 is 17.9 Å². The largest absolute Gasteiger partial charge is 0.486 e. The molecule has 1 aromatic carbocycles. The number of hydrogen-bond acceptors (Lipinski definition) is 5. The molecule has 8 heteroatoms. The van der Waals surface area contributed by atoms with Crippen molar-refractivity contribution in [3.05, 3.63) is 47.2 Å². The highest BCUT2D eigenvalue weighted by Crippen LogP contribution is 2.40. The molecule has 0 saturated carbocycles. The van der Waals surface area contributed by atoms with Crippen LogP contribution in [0.3, 0.4) is 0 Å². The lowest BCUT2D eigenvalue weighted by Crippen LogP contribution is -2.30. The van der Waals surface area contributed by atoms with Crippen molar-refractivity contribution in [1.82, 2.24) is 9.29 Å². The molecule has 1 unspecified atom stereocenters. The smallest absolute Gasteiger partial charge is 0.245 e. The fraction of sp³-hybridized carbons (Fsp3) is 0.353. The van der Waals surface area contributed by atoms with Crippen LogP contribution in [0.4, 0.5) is 0 Å². The highest BCUT2D eigenvalue weighted by atomic mass is 35.5. The van der Waals surface area contributed by atoms with Gasteiger partial charge in [-0.05, 0) is 42.7 Å². The van der Waals surface area contributed by atoms with Crippen molar-refractivity contribution in [2.75, 3.05) is 19.8 Å². The van der Waals surface area contributed by atoms with E-state index >= 15 is 0 Å². The first-order valence-corrected chi connectivity index (χ1v) is 9.90. The Kier molecular flexibility index (Phi) is 4.31. The van der Waals surface area contributed by atoms with Gasteiger partial charge in [-0.3, -0.25) is 0 Å². The van der Waals surface area contributed by atoms with E-state index in [9.17, 15) is 8.42 Å². The maximum Gasteiger partial charge on any atom is 0.245 e. The van der Waals surface area contributed by atoms with Gasteiger partial charge in [-0.25, -0.2) is 13.4 Å². The lowest BCUT2D eigenvalue weighted by atomic mass is 10.0. The van der Waals surface area contributed by atoms with Crippen LogP contribution < -0.4 is 9.47 Å². The molecule has 25 heavy (non-hydrogen) atoms. The molecule has 0 aliphatic carbocycles. The lowest BCUT2D eigenvalue weighted by Gasteiger charge is -2.26. The summed E-state index contributed by atoms with van der Waals surface area (Å²) in [6, 6.07) is 8.39. The molecule has 1 atom stereocenters. The van der Waals surface area contributed by atoms with Crippen molar-refractivity contribution in [2.24, 2.45) is 0 Å². The molecular weight excluding hydrogens is 364 g/mol. The lowest BCUT2D eigenvalue weighted by molar-refractivity contribution is 0.171.